The van der Waals surface area contributed by atoms with Gasteiger partial charge in [0.25, 0.3) is 0 Å². The molecule has 142 valence electrons. The number of aryl methyl sites for hydroxylation is 1. The Kier molecular flexibility index (Phi) is 5.76. The zero-order chi connectivity index (χ0) is 19.9. The number of rotatable bonds is 4. The SMILES string of the molecule is Cc1ccc(NC(=O)Nc2ccc(O)cc2)cc1NC(=O)Oc1ccccc1. The van der Waals surface area contributed by atoms with Crippen LogP contribution in [0.5, 0.6) is 11.5 Å². The Morgan fingerprint density at radius 2 is 1.46 bits per heavy atom. The average molecular weight is 377 g/mol. The third-order valence-corrected chi connectivity index (χ3v) is 3.81. The van der Waals surface area contributed by atoms with Crippen molar-refractivity contribution in [3.05, 3.63) is 78.4 Å². The number of ether oxygens (including phenoxy) is 1. The van der Waals surface area contributed by atoms with Gasteiger partial charge in [-0.3, -0.25) is 5.32 Å². The van der Waals surface area contributed by atoms with Gasteiger partial charge in [0, 0.05) is 17.1 Å². The number of carbonyl (C=O) groups excluding carboxylic acids is 2. The lowest BCUT2D eigenvalue weighted by atomic mass is 10.2. The number of phenolic OH excluding ortho intramolecular Hbond substituents is 1. The molecule has 0 bridgehead atoms. The van der Waals surface area contributed by atoms with Crippen molar-refractivity contribution in [2.24, 2.45) is 0 Å². The van der Waals surface area contributed by atoms with E-state index in [0.717, 1.165) is 5.56 Å². The standard InChI is InChI=1S/C21H19N3O4/c1-14-7-8-16(23-20(26)22-15-9-11-17(25)12-10-15)13-19(14)24-21(27)28-18-5-3-2-4-6-18/h2-13,25H,1H3,(H,24,27)(H2,22,23,26). The maximum Gasteiger partial charge on any atom is 0.417 e. The van der Waals surface area contributed by atoms with Crippen LogP contribution in [0.2, 0.25) is 0 Å². The molecule has 0 aliphatic rings. The Bertz CT molecular complexity index is 973. The number of carbonyl (C=O) groups is 2. The Morgan fingerprint density at radius 3 is 2.18 bits per heavy atom. The van der Waals surface area contributed by atoms with Gasteiger partial charge in [-0.05, 0) is 61.0 Å². The van der Waals surface area contributed by atoms with Crippen LogP contribution in [0.15, 0.2) is 72.8 Å². The van der Waals surface area contributed by atoms with Crippen LogP contribution < -0.4 is 20.7 Å². The van der Waals surface area contributed by atoms with E-state index in [1.165, 1.54) is 12.1 Å². The molecule has 0 atom stereocenters. The van der Waals surface area contributed by atoms with Gasteiger partial charge in [-0.2, -0.15) is 0 Å². The van der Waals surface area contributed by atoms with E-state index < -0.39 is 12.1 Å². The number of anilines is 3. The first kappa shape index (κ1) is 18.8. The van der Waals surface area contributed by atoms with Crippen molar-refractivity contribution in [1.29, 1.82) is 0 Å². The molecule has 0 aromatic heterocycles. The highest BCUT2D eigenvalue weighted by molar-refractivity contribution is 6.00. The quantitative estimate of drug-likeness (QED) is 0.483. The molecule has 3 aromatic carbocycles. The van der Waals surface area contributed by atoms with E-state index in [4.69, 9.17) is 4.74 Å². The van der Waals surface area contributed by atoms with Crippen LogP contribution in [-0.2, 0) is 0 Å². The molecule has 0 unspecified atom stereocenters. The molecule has 0 radical (unpaired) electrons. The zero-order valence-electron chi connectivity index (χ0n) is 15.1. The van der Waals surface area contributed by atoms with E-state index in [2.05, 4.69) is 16.0 Å². The van der Waals surface area contributed by atoms with Crippen molar-refractivity contribution >= 4 is 29.2 Å². The second-order valence-electron chi connectivity index (χ2n) is 5.98. The Labute approximate surface area is 162 Å². The second kappa shape index (κ2) is 8.59. The Morgan fingerprint density at radius 1 is 0.821 bits per heavy atom. The van der Waals surface area contributed by atoms with Crippen LogP contribution in [0.1, 0.15) is 5.56 Å². The summed E-state index contributed by atoms with van der Waals surface area (Å²) in [5.74, 6) is 0.544. The molecule has 0 aliphatic heterocycles. The van der Waals surface area contributed by atoms with Gasteiger partial charge < -0.3 is 20.5 Å². The lowest BCUT2D eigenvalue weighted by molar-refractivity contribution is 0.215. The fraction of sp³-hybridized carbons (Fsp3) is 0.0476. The molecular formula is C21H19N3O4. The monoisotopic (exact) mass is 377 g/mol. The van der Waals surface area contributed by atoms with Crippen molar-refractivity contribution in [3.8, 4) is 11.5 Å². The molecule has 3 amide bonds. The van der Waals surface area contributed by atoms with Crippen molar-refractivity contribution in [2.75, 3.05) is 16.0 Å². The van der Waals surface area contributed by atoms with Gasteiger partial charge in [0.05, 0.1) is 0 Å². The molecule has 4 N–H and O–H groups in total. The maximum atomic E-state index is 12.1. The van der Waals surface area contributed by atoms with Crippen molar-refractivity contribution < 1.29 is 19.4 Å². The molecule has 3 aromatic rings. The zero-order valence-corrected chi connectivity index (χ0v) is 15.1. The number of nitrogens with one attached hydrogen (secondary N) is 3. The lowest BCUT2D eigenvalue weighted by Gasteiger charge is -2.12. The third-order valence-electron chi connectivity index (χ3n) is 3.81. The predicted molar refractivity (Wildman–Crippen MR) is 108 cm³/mol. The van der Waals surface area contributed by atoms with Gasteiger partial charge in [0.1, 0.15) is 11.5 Å². The number of hydrogen-bond donors (Lipinski definition) is 4. The second-order valence-corrected chi connectivity index (χ2v) is 5.98. The van der Waals surface area contributed by atoms with Gasteiger partial charge in [-0.25, -0.2) is 9.59 Å². The molecule has 0 aliphatic carbocycles. The van der Waals surface area contributed by atoms with Crippen molar-refractivity contribution in [3.63, 3.8) is 0 Å². The summed E-state index contributed by atoms with van der Waals surface area (Å²) in [7, 11) is 0. The average Bonchev–Trinajstić information content (AvgIpc) is 2.67. The molecule has 7 nitrogen and oxygen atoms in total. The number of para-hydroxylation sites is 1. The summed E-state index contributed by atoms with van der Waals surface area (Å²) in [6.45, 7) is 1.83. The first-order chi connectivity index (χ1) is 13.5. The number of amides is 3. The minimum absolute atomic E-state index is 0.114. The van der Waals surface area contributed by atoms with E-state index in [-0.39, 0.29) is 5.75 Å². The highest BCUT2D eigenvalue weighted by atomic mass is 16.6. The van der Waals surface area contributed by atoms with Crippen LogP contribution in [0.25, 0.3) is 0 Å². The summed E-state index contributed by atoms with van der Waals surface area (Å²) in [6, 6.07) is 19.5. The first-order valence-corrected chi connectivity index (χ1v) is 8.51. The van der Waals surface area contributed by atoms with Crippen LogP contribution in [0.4, 0.5) is 26.7 Å². The van der Waals surface area contributed by atoms with Gasteiger partial charge in [-0.15, -0.1) is 0 Å². The molecule has 0 spiro atoms. The number of aromatic hydroxyl groups is 1. The molecule has 28 heavy (non-hydrogen) atoms. The Balaban J connectivity index is 1.62. The van der Waals surface area contributed by atoms with Crippen LogP contribution >= 0.6 is 0 Å². The highest BCUT2D eigenvalue weighted by Gasteiger charge is 2.09. The lowest BCUT2D eigenvalue weighted by Crippen LogP contribution is -2.20. The van der Waals surface area contributed by atoms with Gasteiger partial charge in [0.2, 0.25) is 0 Å². The molecule has 0 saturated heterocycles. The molecule has 0 saturated carbocycles. The van der Waals surface area contributed by atoms with E-state index in [0.29, 0.717) is 22.8 Å². The van der Waals surface area contributed by atoms with E-state index in [9.17, 15) is 14.7 Å². The first-order valence-electron chi connectivity index (χ1n) is 8.51. The van der Waals surface area contributed by atoms with Gasteiger partial charge in [0.15, 0.2) is 0 Å². The van der Waals surface area contributed by atoms with Crippen molar-refractivity contribution in [1.82, 2.24) is 0 Å². The van der Waals surface area contributed by atoms with Crippen LogP contribution in [0.3, 0.4) is 0 Å². The molecular weight excluding hydrogens is 358 g/mol. The maximum absolute atomic E-state index is 12.1. The fourth-order valence-corrected chi connectivity index (χ4v) is 2.40. The van der Waals surface area contributed by atoms with E-state index >= 15 is 0 Å². The number of benzene rings is 3. The number of urea groups is 1. The molecule has 0 heterocycles. The normalized spacial score (nSPS) is 10.0. The van der Waals surface area contributed by atoms with Gasteiger partial charge >= 0.3 is 12.1 Å². The summed E-state index contributed by atoms with van der Waals surface area (Å²) in [5.41, 5.74) is 2.36. The largest absolute Gasteiger partial charge is 0.508 e. The summed E-state index contributed by atoms with van der Waals surface area (Å²) >= 11 is 0. The van der Waals surface area contributed by atoms with Crippen LogP contribution in [0, 0.1) is 6.92 Å². The highest BCUT2D eigenvalue weighted by Crippen LogP contribution is 2.21. The fourth-order valence-electron chi connectivity index (χ4n) is 2.40. The van der Waals surface area contributed by atoms with Gasteiger partial charge in [-0.1, -0.05) is 24.3 Å². The topological polar surface area (TPSA) is 99.7 Å². The van der Waals surface area contributed by atoms with Crippen molar-refractivity contribution in [2.45, 2.75) is 6.92 Å². The Hall–Kier alpha value is -4.00. The number of phenols is 1. The minimum atomic E-state index is -0.625. The number of hydrogen-bond acceptors (Lipinski definition) is 4. The van der Waals surface area contributed by atoms with E-state index in [1.807, 2.05) is 13.0 Å². The van der Waals surface area contributed by atoms with E-state index in [1.54, 1.807) is 54.6 Å². The minimum Gasteiger partial charge on any atom is -0.508 e. The summed E-state index contributed by atoms with van der Waals surface area (Å²) in [5, 5.41) is 17.3. The summed E-state index contributed by atoms with van der Waals surface area (Å²) < 4.78 is 5.21. The predicted octanol–water partition coefficient (Wildman–Crippen LogP) is 4.96. The third kappa shape index (κ3) is 5.25. The summed E-state index contributed by atoms with van der Waals surface area (Å²) in [4.78, 5) is 24.2. The molecule has 0 fully saturated rings. The molecule has 3 rings (SSSR count). The molecule has 7 heteroatoms. The summed E-state index contributed by atoms with van der Waals surface area (Å²) in [6.07, 6.45) is -0.625. The van der Waals surface area contributed by atoms with Crippen LogP contribution in [-0.4, -0.2) is 17.2 Å². The smallest absolute Gasteiger partial charge is 0.417 e.